The molecule has 5 nitrogen and oxygen atoms in total. The summed E-state index contributed by atoms with van der Waals surface area (Å²) in [6.45, 7) is 1.51. The van der Waals surface area contributed by atoms with E-state index in [1.165, 1.54) is 11.9 Å². The Bertz CT molecular complexity index is 500. The van der Waals surface area contributed by atoms with Crippen LogP contribution in [0, 0.1) is 12.7 Å². The van der Waals surface area contributed by atoms with E-state index in [-0.39, 0.29) is 10.6 Å². The zero-order valence-corrected chi connectivity index (χ0v) is 10.1. The first-order valence-corrected chi connectivity index (χ1v) is 5.98. The van der Waals surface area contributed by atoms with Crippen molar-refractivity contribution in [3.8, 4) is 0 Å². The SMILES string of the molecule is Cc1cc(F)c(N)cc1S(=O)(=O)NN(C)C. The fraction of sp³-hybridized carbons (Fsp3) is 0.333. The van der Waals surface area contributed by atoms with Crippen molar-refractivity contribution in [2.75, 3.05) is 19.8 Å². The highest BCUT2D eigenvalue weighted by Crippen LogP contribution is 2.21. The van der Waals surface area contributed by atoms with Gasteiger partial charge in [0.15, 0.2) is 0 Å². The maximum absolute atomic E-state index is 13.1. The molecule has 7 heteroatoms. The number of rotatable bonds is 3. The maximum atomic E-state index is 13.1. The molecule has 0 aliphatic rings. The number of nitrogens with one attached hydrogen (secondary N) is 1. The normalized spacial score (nSPS) is 12.1. The summed E-state index contributed by atoms with van der Waals surface area (Å²) in [5, 5.41) is 1.29. The lowest BCUT2D eigenvalue weighted by atomic mass is 10.2. The average molecular weight is 247 g/mol. The van der Waals surface area contributed by atoms with Gasteiger partial charge in [0.2, 0.25) is 0 Å². The number of aryl methyl sites for hydroxylation is 1. The van der Waals surface area contributed by atoms with E-state index in [4.69, 9.17) is 5.73 Å². The standard InChI is InChI=1S/C9H14FN3O2S/c1-6-4-7(10)8(11)5-9(6)16(14,15)12-13(2)3/h4-5,12H,11H2,1-3H3. The van der Waals surface area contributed by atoms with Crippen LogP contribution in [0.4, 0.5) is 10.1 Å². The second-order valence-corrected chi connectivity index (χ2v) is 5.26. The summed E-state index contributed by atoms with van der Waals surface area (Å²) in [5.41, 5.74) is 5.45. The number of anilines is 1. The number of hydrazine groups is 1. The van der Waals surface area contributed by atoms with Gasteiger partial charge in [-0.1, -0.05) is 0 Å². The van der Waals surface area contributed by atoms with Gasteiger partial charge in [0.25, 0.3) is 10.0 Å². The Labute approximate surface area is 94.1 Å². The van der Waals surface area contributed by atoms with Crippen molar-refractivity contribution < 1.29 is 12.8 Å². The Hall–Kier alpha value is -1.18. The third kappa shape index (κ3) is 2.69. The van der Waals surface area contributed by atoms with Crippen LogP contribution in [0.15, 0.2) is 17.0 Å². The van der Waals surface area contributed by atoms with E-state index in [1.54, 1.807) is 14.1 Å². The molecular weight excluding hydrogens is 233 g/mol. The van der Waals surface area contributed by atoms with E-state index in [2.05, 4.69) is 4.83 Å². The van der Waals surface area contributed by atoms with Gasteiger partial charge in [-0.2, -0.15) is 0 Å². The van der Waals surface area contributed by atoms with Crippen LogP contribution >= 0.6 is 0 Å². The summed E-state index contributed by atoms with van der Waals surface area (Å²) >= 11 is 0. The molecule has 1 aromatic carbocycles. The summed E-state index contributed by atoms with van der Waals surface area (Å²) in [6, 6.07) is 2.20. The molecule has 90 valence electrons. The van der Waals surface area contributed by atoms with Crippen LogP contribution in [0.2, 0.25) is 0 Å². The summed E-state index contributed by atoms with van der Waals surface area (Å²) in [4.78, 5) is 2.22. The number of halogens is 1. The molecule has 0 bridgehead atoms. The molecule has 0 saturated heterocycles. The Morgan fingerprint density at radius 2 is 1.94 bits per heavy atom. The van der Waals surface area contributed by atoms with Crippen molar-refractivity contribution in [1.29, 1.82) is 0 Å². The monoisotopic (exact) mass is 247 g/mol. The van der Waals surface area contributed by atoms with Crippen LogP contribution in [0.3, 0.4) is 0 Å². The molecule has 3 N–H and O–H groups in total. The smallest absolute Gasteiger partial charge is 0.253 e. The number of benzene rings is 1. The molecule has 0 radical (unpaired) electrons. The highest BCUT2D eigenvalue weighted by Gasteiger charge is 2.19. The third-order valence-electron chi connectivity index (χ3n) is 1.89. The van der Waals surface area contributed by atoms with Gasteiger partial charge in [-0.05, 0) is 24.6 Å². The van der Waals surface area contributed by atoms with Crippen LogP contribution in [-0.4, -0.2) is 27.5 Å². The van der Waals surface area contributed by atoms with Crippen LogP contribution < -0.4 is 10.6 Å². The molecule has 0 unspecified atom stereocenters. The molecule has 0 fully saturated rings. The van der Waals surface area contributed by atoms with Gasteiger partial charge in [0.05, 0.1) is 10.6 Å². The lowest BCUT2D eigenvalue weighted by Crippen LogP contribution is -2.36. The van der Waals surface area contributed by atoms with E-state index < -0.39 is 15.8 Å². The predicted molar refractivity (Wildman–Crippen MR) is 59.6 cm³/mol. The largest absolute Gasteiger partial charge is 0.396 e. The number of nitrogens with zero attached hydrogens (tertiary/aromatic N) is 1. The van der Waals surface area contributed by atoms with Crippen LogP contribution in [0.1, 0.15) is 5.56 Å². The number of hydrogen-bond acceptors (Lipinski definition) is 4. The van der Waals surface area contributed by atoms with Gasteiger partial charge in [-0.15, -0.1) is 4.83 Å². The quantitative estimate of drug-likeness (QED) is 0.601. The highest BCUT2D eigenvalue weighted by atomic mass is 32.2. The van der Waals surface area contributed by atoms with Gasteiger partial charge < -0.3 is 5.73 Å². The molecule has 0 amide bonds. The molecule has 0 aromatic heterocycles. The minimum absolute atomic E-state index is 0.0277. The molecule has 16 heavy (non-hydrogen) atoms. The Kier molecular flexibility index (Phi) is 3.51. The van der Waals surface area contributed by atoms with Crippen molar-refractivity contribution in [3.63, 3.8) is 0 Å². The van der Waals surface area contributed by atoms with Crippen molar-refractivity contribution in [3.05, 3.63) is 23.5 Å². The minimum atomic E-state index is -3.70. The third-order valence-corrected chi connectivity index (χ3v) is 3.51. The molecule has 0 heterocycles. The number of nitrogens with two attached hydrogens (primary N) is 1. The molecule has 0 aliphatic carbocycles. The summed E-state index contributed by atoms with van der Waals surface area (Å²) in [7, 11) is -0.617. The zero-order chi connectivity index (χ0) is 12.5. The molecule has 0 aliphatic heterocycles. The van der Waals surface area contributed by atoms with E-state index in [1.807, 2.05) is 0 Å². The first-order chi connectivity index (χ1) is 7.24. The predicted octanol–water partition coefficient (Wildman–Crippen LogP) is 0.471. The van der Waals surface area contributed by atoms with E-state index >= 15 is 0 Å². The topological polar surface area (TPSA) is 75.4 Å². The summed E-state index contributed by atoms with van der Waals surface area (Å²) < 4.78 is 36.7. The van der Waals surface area contributed by atoms with Crippen molar-refractivity contribution >= 4 is 15.7 Å². The van der Waals surface area contributed by atoms with Crippen LogP contribution in [-0.2, 0) is 10.0 Å². The highest BCUT2D eigenvalue weighted by molar-refractivity contribution is 7.89. The molecule has 0 spiro atoms. The van der Waals surface area contributed by atoms with Crippen molar-refractivity contribution in [2.24, 2.45) is 0 Å². The second kappa shape index (κ2) is 4.36. The maximum Gasteiger partial charge on any atom is 0.253 e. The number of sulfonamides is 1. The average Bonchev–Trinajstić information content (AvgIpc) is 2.08. The van der Waals surface area contributed by atoms with E-state index in [9.17, 15) is 12.8 Å². The fourth-order valence-electron chi connectivity index (χ4n) is 1.25. The Balaban J connectivity index is 3.29. The second-order valence-electron chi connectivity index (χ2n) is 3.63. The van der Waals surface area contributed by atoms with Crippen molar-refractivity contribution in [2.45, 2.75) is 11.8 Å². The molecule has 0 saturated carbocycles. The van der Waals surface area contributed by atoms with Gasteiger partial charge in [0.1, 0.15) is 5.82 Å². The zero-order valence-electron chi connectivity index (χ0n) is 9.28. The minimum Gasteiger partial charge on any atom is -0.396 e. The summed E-state index contributed by atoms with van der Waals surface area (Å²) in [5.74, 6) is -0.624. The lowest BCUT2D eigenvalue weighted by Gasteiger charge is -2.14. The molecule has 1 aromatic rings. The summed E-state index contributed by atoms with van der Waals surface area (Å²) in [6.07, 6.45) is 0. The van der Waals surface area contributed by atoms with E-state index in [0.29, 0.717) is 5.56 Å². The Morgan fingerprint density at radius 3 is 2.44 bits per heavy atom. The molecular formula is C9H14FN3O2S. The first-order valence-electron chi connectivity index (χ1n) is 4.49. The van der Waals surface area contributed by atoms with Gasteiger partial charge in [0, 0.05) is 14.1 Å². The van der Waals surface area contributed by atoms with Gasteiger partial charge >= 0.3 is 0 Å². The fourth-order valence-corrected chi connectivity index (χ4v) is 2.59. The molecule has 0 atom stereocenters. The lowest BCUT2D eigenvalue weighted by molar-refractivity contribution is 0.364. The van der Waals surface area contributed by atoms with Gasteiger partial charge in [-0.25, -0.2) is 17.8 Å². The number of hydrogen-bond donors (Lipinski definition) is 2. The first kappa shape index (κ1) is 12.9. The van der Waals surface area contributed by atoms with Crippen molar-refractivity contribution in [1.82, 2.24) is 9.84 Å². The van der Waals surface area contributed by atoms with Crippen LogP contribution in [0.5, 0.6) is 0 Å². The van der Waals surface area contributed by atoms with E-state index in [0.717, 1.165) is 12.1 Å². The Morgan fingerprint density at radius 1 is 1.38 bits per heavy atom. The molecule has 1 rings (SSSR count). The van der Waals surface area contributed by atoms with Gasteiger partial charge in [-0.3, -0.25) is 0 Å². The number of nitrogen functional groups attached to an aromatic ring is 1. The van der Waals surface area contributed by atoms with Crippen LogP contribution in [0.25, 0.3) is 0 Å².